The van der Waals surface area contributed by atoms with Gasteiger partial charge in [0.15, 0.2) is 10.9 Å². The van der Waals surface area contributed by atoms with E-state index in [1.807, 2.05) is 0 Å². The number of aryl methyl sites for hydroxylation is 1. The molecule has 0 spiro atoms. The van der Waals surface area contributed by atoms with Crippen LogP contribution in [-0.4, -0.2) is 27.4 Å². The smallest absolute Gasteiger partial charge is 0.326 e. The van der Waals surface area contributed by atoms with Crippen molar-refractivity contribution >= 4 is 29.1 Å². The summed E-state index contributed by atoms with van der Waals surface area (Å²) in [4.78, 5) is 30.8. The second kappa shape index (κ2) is 6.83. The van der Waals surface area contributed by atoms with E-state index >= 15 is 0 Å². The van der Waals surface area contributed by atoms with Gasteiger partial charge in [0, 0.05) is 23.9 Å². The molecule has 0 unspecified atom stereocenters. The lowest BCUT2D eigenvalue weighted by Gasteiger charge is -2.17. The zero-order valence-electron chi connectivity index (χ0n) is 12.8. The van der Waals surface area contributed by atoms with Crippen LogP contribution in [-0.2, 0) is 17.4 Å². The van der Waals surface area contributed by atoms with Crippen LogP contribution < -0.4 is 5.32 Å². The van der Waals surface area contributed by atoms with Crippen LogP contribution in [0.1, 0.15) is 28.0 Å². The number of carbonyl (C=O) groups excluding carboxylic acids is 2. The maximum absolute atomic E-state index is 12.6. The zero-order chi connectivity index (χ0) is 18.0. The summed E-state index contributed by atoms with van der Waals surface area (Å²) in [5, 5.41) is 2.62. The Hall–Kier alpha value is -2.42. The molecule has 1 aromatic carbocycles. The summed E-state index contributed by atoms with van der Waals surface area (Å²) in [5.41, 5.74) is 0.948. The Morgan fingerprint density at radius 2 is 2.04 bits per heavy atom. The van der Waals surface area contributed by atoms with Gasteiger partial charge in [-0.3, -0.25) is 9.59 Å². The van der Waals surface area contributed by atoms with Gasteiger partial charge in [0.25, 0.3) is 0 Å². The van der Waals surface area contributed by atoms with Crippen LogP contribution in [0.25, 0.3) is 0 Å². The van der Waals surface area contributed by atoms with Crippen LogP contribution in [0.4, 0.5) is 18.9 Å². The van der Waals surface area contributed by atoms with Gasteiger partial charge in [-0.15, -0.1) is 0 Å². The number of ketones is 1. The number of Topliss-reactive ketones (excluding diaryl/α,β-unsaturated/α-hetero) is 1. The Morgan fingerprint density at radius 1 is 1.24 bits per heavy atom. The highest BCUT2D eigenvalue weighted by Crippen LogP contribution is 2.29. The fourth-order valence-corrected chi connectivity index (χ4v) is 3.06. The van der Waals surface area contributed by atoms with Gasteiger partial charge in [-0.2, -0.15) is 13.2 Å². The normalized spacial score (nSPS) is 14.0. The summed E-state index contributed by atoms with van der Waals surface area (Å²) in [5.74, 6) is -0.388. The minimum absolute atomic E-state index is 0.0659. The Morgan fingerprint density at radius 3 is 2.80 bits per heavy atom. The number of benzene rings is 1. The lowest BCUT2D eigenvalue weighted by molar-refractivity contribution is -0.141. The summed E-state index contributed by atoms with van der Waals surface area (Å²) in [6.45, 7) is 0. The first-order valence-electron chi connectivity index (χ1n) is 7.32. The molecule has 0 atom stereocenters. The number of nitrogens with zero attached hydrogens (tertiary/aromatic N) is 2. The Balaban J connectivity index is 1.68. The lowest BCUT2D eigenvalue weighted by Crippen LogP contribution is -2.19. The van der Waals surface area contributed by atoms with Crippen molar-refractivity contribution in [2.75, 3.05) is 11.1 Å². The molecule has 1 N–H and O–H groups in total. The van der Waals surface area contributed by atoms with Gasteiger partial charge < -0.3 is 5.32 Å². The highest BCUT2D eigenvalue weighted by molar-refractivity contribution is 7.99. The average Bonchev–Trinajstić information content (AvgIpc) is 2.58. The fraction of sp³-hybridized carbons (Fsp3) is 0.250. The number of anilines is 1. The number of fused-ring (bicyclic) bond motifs is 1. The first-order valence-corrected chi connectivity index (χ1v) is 8.30. The molecule has 0 saturated carbocycles. The number of carbonyl (C=O) groups is 2. The molecule has 0 aliphatic carbocycles. The Bertz CT molecular complexity index is 840. The first kappa shape index (κ1) is 17.4. The molecule has 1 aliphatic heterocycles. The molecule has 5 nitrogen and oxygen atoms in total. The highest BCUT2D eigenvalue weighted by atomic mass is 32.2. The van der Waals surface area contributed by atoms with Crippen LogP contribution in [0.2, 0.25) is 0 Å². The maximum atomic E-state index is 12.6. The molecule has 25 heavy (non-hydrogen) atoms. The summed E-state index contributed by atoms with van der Waals surface area (Å²) < 4.78 is 37.9. The van der Waals surface area contributed by atoms with E-state index in [1.54, 1.807) is 18.2 Å². The van der Waals surface area contributed by atoms with Crippen LogP contribution in [0.5, 0.6) is 0 Å². The number of aromatic nitrogens is 2. The maximum Gasteiger partial charge on any atom is 0.433 e. The summed E-state index contributed by atoms with van der Waals surface area (Å²) in [7, 11) is 0. The molecule has 1 aromatic heterocycles. The van der Waals surface area contributed by atoms with Crippen LogP contribution in [0.15, 0.2) is 35.6 Å². The number of halogens is 3. The minimum Gasteiger partial charge on any atom is -0.326 e. The number of rotatable bonds is 4. The second-order valence-electron chi connectivity index (χ2n) is 5.35. The van der Waals surface area contributed by atoms with Crippen molar-refractivity contribution in [1.82, 2.24) is 9.97 Å². The SMILES string of the molecule is O=C1CCc2cc(C(=O)CSc3nccc(C(F)(F)F)n3)ccc2N1. The van der Waals surface area contributed by atoms with Crippen LogP contribution >= 0.6 is 11.8 Å². The van der Waals surface area contributed by atoms with Gasteiger partial charge >= 0.3 is 6.18 Å². The quantitative estimate of drug-likeness (QED) is 0.510. The van der Waals surface area contributed by atoms with Crippen molar-refractivity contribution in [2.24, 2.45) is 0 Å². The van der Waals surface area contributed by atoms with E-state index in [1.165, 1.54) is 0 Å². The standard InChI is InChI=1S/C16H12F3N3O2S/c17-16(18,19)13-5-6-20-15(22-13)25-8-12(23)10-1-3-11-9(7-10)2-4-14(24)21-11/h1,3,5-7H,2,4,8H2,(H,21,24). The van der Waals surface area contributed by atoms with E-state index < -0.39 is 11.9 Å². The summed E-state index contributed by atoms with van der Waals surface area (Å²) in [6, 6.07) is 5.72. The fourth-order valence-electron chi connectivity index (χ4n) is 2.34. The number of hydrogen-bond acceptors (Lipinski definition) is 5. The van der Waals surface area contributed by atoms with Crippen molar-refractivity contribution in [3.8, 4) is 0 Å². The van der Waals surface area contributed by atoms with E-state index in [2.05, 4.69) is 15.3 Å². The summed E-state index contributed by atoms with van der Waals surface area (Å²) in [6.07, 6.45) is -2.63. The molecule has 3 rings (SSSR count). The van der Waals surface area contributed by atoms with Crippen molar-refractivity contribution in [2.45, 2.75) is 24.2 Å². The van der Waals surface area contributed by atoms with Crippen molar-refractivity contribution in [3.05, 3.63) is 47.3 Å². The topological polar surface area (TPSA) is 72.0 Å². The van der Waals surface area contributed by atoms with Crippen molar-refractivity contribution in [1.29, 1.82) is 0 Å². The van der Waals surface area contributed by atoms with Crippen LogP contribution in [0, 0.1) is 0 Å². The molecular formula is C16H12F3N3O2S. The Kier molecular flexibility index (Phi) is 4.76. The molecule has 130 valence electrons. The molecule has 0 saturated heterocycles. The molecule has 2 aromatic rings. The van der Waals surface area contributed by atoms with Crippen molar-refractivity contribution in [3.63, 3.8) is 0 Å². The molecule has 2 heterocycles. The second-order valence-corrected chi connectivity index (χ2v) is 6.30. The minimum atomic E-state index is -4.55. The van der Waals surface area contributed by atoms with Gasteiger partial charge in [-0.25, -0.2) is 9.97 Å². The van der Waals surface area contributed by atoms with Crippen LogP contribution in [0.3, 0.4) is 0 Å². The third-order valence-electron chi connectivity index (χ3n) is 3.58. The molecule has 0 fully saturated rings. The van der Waals surface area contributed by atoms with E-state index in [4.69, 9.17) is 0 Å². The molecule has 1 aliphatic rings. The first-order chi connectivity index (χ1) is 11.8. The molecular weight excluding hydrogens is 355 g/mol. The zero-order valence-corrected chi connectivity index (χ0v) is 13.6. The third-order valence-corrected chi connectivity index (χ3v) is 4.44. The van der Waals surface area contributed by atoms with E-state index in [-0.39, 0.29) is 22.6 Å². The largest absolute Gasteiger partial charge is 0.433 e. The van der Waals surface area contributed by atoms with E-state index in [0.29, 0.717) is 24.1 Å². The number of hydrogen-bond donors (Lipinski definition) is 1. The van der Waals surface area contributed by atoms with Gasteiger partial charge in [0.2, 0.25) is 5.91 Å². The molecule has 0 radical (unpaired) electrons. The highest BCUT2D eigenvalue weighted by Gasteiger charge is 2.32. The third kappa shape index (κ3) is 4.16. The van der Waals surface area contributed by atoms with Gasteiger partial charge in [-0.1, -0.05) is 11.8 Å². The molecule has 0 bridgehead atoms. The van der Waals surface area contributed by atoms with E-state index in [0.717, 1.165) is 29.6 Å². The lowest BCUT2D eigenvalue weighted by atomic mass is 9.99. The molecule has 9 heteroatoms. The number of alkyl halides is 3. The summed E-state index contributed by atoms with van der Waals surface area (Å²) >= 11 is 0.850. The predicted octanol–water partition coefficient (Wildman–Crippen LogP) is 3.36. The van der Waals surface area contributed by atoms with Crippen molar-refractivity contribution < 1.29 is 22.8 Å². The number of nitrogens with one attached hydrogen (secondary N) is 1. The average molecular weight is 367 g/mol. The molecule has 1 amide bonds. The van der Waals surface area contributed by atoms with Gasteiger partial charge in [-0.05, 0) is 36.2 Å². The van der Waals surface area contributed by atoms with Gasteiger partial charge in [0.05, 0.1) is 5.75 Å². The Labute approximate surface area is 145 Å². The number of thioether (sulfide) groups is 1. The monoisotopic (exact) mass is 367 g/mol. The van der Waals surface area contributed by atoms with Gasteiger partial charge in [0.1, 0.15) is 5.69 Å². The van der Waals surface area contributed by atoms with E-state index in [9.17, 15) is 22.8 Å². The number of amides is 1. The predicted molar refractivity (Wildman–Crippen MR) is 85.5 cm³/mol.